The van der Waals surface area contributed by atoms with Crippen LogP contribution < -0.4 is 5.11 Å². The van der Waals surface area contributed by atoms with Gasteiger partial charge in [-0.3, -0.25) is 4.79 Å². The molecule has 0 bridgehead atoms. The monoisotopic (exact) mass is 234 g/mol. The standard InChI is InChI=1S/C12H13NO4/c14-11(6-5-9-3-2-8-17-9)13-7-1-4-10(13)12(15)16/h2-3,5-6,8,10H,1,4,7H2,(H,15,16)/p-1/b6-5+/t10-/m1/s1. The van der Waals surface area contributed by atoms with Crippen molar-refractivity contribution in [2.24, 2.45) is 0 Å². The average Bonchev–Trinajstić information content (AvgIpc) is 2.96. The van der Waals surface area contributed by atoms with Crippen LogP contribution in [0.1, 0.15) is 18.6 Å². The Balaban J connectivity index is 2.02. The van der Waals surface area contributed by atoms with Crippen molar-refractivity contribution in [3.8, 4) is 0 Å². The third-order valence-electron chi connectivity index (χ3n) is 2.74. The van der Waals surface area contributed by atoms with Crippen LogP contribution in [-0.4, -0.2) is 29.4 Å². The van der Waals surface area contributed by atoms with Crippen LogP contribution in [0.2, 0.25) is 0 Å². The van der Waals surface area contributed by atoms with Gasteiger partial charge in [-0.05, 0) is 31.1 Å². The molecule has 17 heavy (non-hydrogen) atoms. The number of carboxylic acid groups (broad SMARTS) is 1. The molecular weight excluding hydrogens is 222 g/mol. The second-order valence-electron chi connectivity index (χ2n) is 3.86. The summed E-state index contributed by atoms with van der Waals surface area (Å²) in [5, 5.41) is 10.8. The molecule has 2 rings (SSSR count). The highest BCUT2D eigenvalue weighted by molar-refractivity contribution is 5.94. The number of nitrogens with zero attached hydrogens (tertiary/aromatic N) is 1. The smallest absolute Gasteiger partial charge is 0.247 e. The number of likely N-dealkylation sites (tertiary alicyclic amines) is 1. The average molecular weight is 234 g/mol. The molecular formula is C12H12NO4-. The van der Waals surface area contributed by atoms with Gasteiger partial charge in [0.15, 0.2) is 0 Å². The van der Waals surface area contributed by atoms with Crippen molar-refractivity contribution in [2.45, 2.75) is 18.9 Å². The van der Waals surface area contributed by atoms with Crippen LogP contribution in [0, 0.1) is 0 Å². The summed E-state index contributed by atoms with van der Waals surface area (Å²) in [5.41, 5.74) is 0. The fourth-order valence-electron chi connectivity index (χ4n) is 1.91. The second kappa shape index (κ2) is 4.86. The molecule has 1 amide bonds. The first-order valence-electron chi connectivity index (χ1n) is 5.41. The highest BCUT2D eigenvalue weighted by Crippen LogP contribution is 2.17. The fourth-order valence-corrected chi connectivity index (χ4v) is 1.91. The van der Waals surface area contributed by atoms with E-state index in [1.807, 2.05) is 0 Å². The zero-order valence-corrected chi connectivity index (χ0v) is 9.17. The van der Waals surface area contributed by atoms with Crippen molar-refractivity contribution in [1.29, 1.82) is 0 Å². The van der Waals surface area contributed by atoms with E-state index in [-0.39, 0.29) is 5.91 Å². The van der Waals surface area contributed by atoms with Gasteiger partial charge in [-0.1, -0.05) is 0 Å². The van der Waals surface area contributed by atoms with Crippen LogP contribution in [0.3, 0.4) is 0 Å². The molecule has 0 aromatic carbocycles. The van der Waals surface area contributed by atoms with Crippen LogP contribution in [0.15, 0.2) is 28.9 Å². The van der Waals surface area contributed by atoms with E-state index < -0.39 is 12.0 Å². The third-order valence-corrected chi connectivity index (χ3v) is 2.74. The van der Waals surface area contributed by atoms with E-state index in [4.69, 9.17) is 4.42 Å². The Morgan fingerprint density at radius 1 is 1.53 bits per heavy atom. The molecule has 1 aromatic heterocycles. The highest BCUT2D eigenvalue weighted by atomic mass is 16.4. The molecule has 1 aliphatic rings. The first-order valence-corrected chi connectivity index (χ1v) is 5.41. The highest BCUT2D eigenvalue weighted by Gasteiger charge is 2.28. The molecule has 1 aliphatic heterocycles. The van der Waals surface area contributed by atoms with Gasteiger partial charge >= 0.3 is 0 Å². The first-order chi connectivity index (χ1) is 8.18. The van der Waals surface area contributed by atoms with Gasteiger partial charge in [0.25, 0.3) is 0 Å². The number of carbonyl (C=O) groups is 2. The van der Waals surface area contributed by atoms with E-state index in [1.165, 1.54) is 23.3 Å². The molecule has 0 aliphatic carbocycles. The number of aliphatic carboxylic acids is 1. The molecule has 0 N–H and O–H groups in total. The summed E-state index contributed by atoms with van der Waals surface area (Å²) in [6.45, 7) is 0.458. The van der Waals surface area contributed by atoms with Gasteiger partial charge in [0.2, 0.25) is 5.91 Å². The molecule has 1 aromatic rings. The molecule has 0 spiro atoms. The summed E-state index contributed by atoms with van der Waals surface area (Å²) in [5.74, 6) is -0.960. The molecule has 90 valence electrons. The predicted molar refractivity (Wildman–Crippen MR) is 57.5 cm³/mol. The number of hydrogen-bond acceptors (Lipinski definition) is 4. The van der Waals surface area contributed by atoms with Crippen molar-refractivity contribution in [1.82, 2.24) is 4.90 Å². The Morgan fingerprint density at radius 2 is 2.35 bits per heavy atom. The normalized spacial score (nSPS) is 20.0. The summed E-state index contributed by atoms with van der Waals surface area (Å²) in [7, 11) is 0. The molecule has 1 atom stereocenters. The summed E-state index contributed by atoms with van der Waals surface area (Å²) in [6, 6.07) is 2.62. The van der Waals surface area contributed by atoms with E-state index in [2.05, 4.69) is 0 Å². The number of rotatable bonds is 3. The Morgan fingerprint density at radius 3 is 3.00 bits per heavy atom. The van der Waals surface area contributed by atoms with Crippen molar-refractivity contribution >= 4 is 18.0 Å². The molecule has 0 unspecified atom stereocenters. The molecule has 1 fully saturated rings. The quantitative estimate of drug-likeness (QED) is 0.692. The lowest BCUT2D eigenvalue weighted by atomic mass is 10.2. The minimum Gasteiger partial charge on any atom is -0.548 e. The second-order valence-corrected chi connectivity index (χ2v) is 3.86. The number of carboxylic acids is 1. The minimum absolute atomic E-state index is 0.326. The lowest BCUT2D eigenvalue weighted by molar-refractivity contribution is -0.310. The maximum Gasteiger partial charge on any atom is 0.247 e. The molecule has 5 nitrogen and oxygen atoms in total. The van der Waals surface area contributed by atoms with Crippen molar-refractivity contribution in [3.05, 3.63) is 30.2 Å². The Hall–Kier alpha value is -2.04. The zero-order valence-electron chi connectivity index (χ0n) is 9.17. The third kappa shape index (κ3) is 2.55. The van der Waals surface area contributed by atoms with E-state index in [0.717, 1.165) is 0 Å². The van der Waals surface area contributed by atoms with E-state index in [1.54, 1.807) is 12.1 Å². The van der Waals surface area contributed by atoms with Crippen molar-refractivity contribution in [2.75, 3.05) is 6.54 Å². The lowest BCUT2D eigenvalue weighted by Gasteiger charge is -2.23. The van der Waals surface area contributed by atoms with Crippen LogP contribution in [0.25, 0.3) is 6.08 Å². The molecule has 2 heterocycles. The van der Waals surface area contributed by atoms with Gasteiger partial charge in [-0.2, -0.15) is 0 Å². The van der Waals surface area contributed by atoms with Gasteiger partial charge in [0.05, 0.1) is 18.3 Å². The number of amides is 1. The van der Waals surface area contributed by atoms with Crippen LogP contribution in [-0.2, 0) is 9.59 Å². The molecule has 0 saturated carbocycles. The van der Waals surface area contributed by atoms with Crippen LogP contribution in [0.5, 0.6) is 0 Å². The maximum absolute atomic E-state index is 11.8. The summed E-state index contributed by atoms with van der Waals surface area (Å²) in [4.78, 5) is 23.9. The van der Waals surface area contributed by atoms with Gasteiger partial charge < -0.3 is 19.2 Å². The van der Waals surface area contributed by atoms with E-state index in [0.29, 0.717) is 25.1 Å². The number of carbonyl (C=O) groups excluding carboxylic acids is 2. The topological polar surface area (TPSA) is 73.6 Å². The summed E-state index contributed by atoms with van der Waals surface area (Å²) >= 11 is 0. The minimum atomic E-state index is -1.19. The fraction of sp³-hybridized carbons (Fsp3) is 0.333. The molecule has 1 saturated heterocycles. The molecule has 5 heteroatoms. The van der Waals surface area contributed by atoms with Gasteiger partial charge in [0, 0.05) is 12.6 Å². The maximum atomic E-state index is 11.8. The van der Waals surface area contributed by atoms with E-state index >= 15 is 0 Å². The van der Waals surface area contributed by atoms with Crippen LogP contribution in [0.4, 0.5) is 0 Å². The first kappa shape index (κ1) is 11.4. The van der Waals surface area contributed by atoms with Gasteiger partial charge in [-0.25, -0.2) is 0 Å². The van der Waals surface area contributed by atoms with E-state index in [9.17, 15) is 14.7 Å². The summed E-state index contributed by atoms with van der Waals surface area (Å²) in [6.07, 6.45) is 5.50. The Bertz CT molecular complexity index is 435. The Labute approximate surface area is 98.3 Å². The van der Waals surface area contributed by atoms with Gasteiger partial charge in [-0.15, -0.1) is 0 Å². The summed E-state index contributed by atoms with van der Waals surface area (Å²) < 4.78 is 5.03. The predicted octanol–water partition coefficient (Wildman–Crippen LogP) is 0.0337. The van der Waals surface area contributed by atoms with Crippen molar-refractivity contribution in [3.63, 3.8) is 0 Å². The number of furan rings is 1. The van der Waals surface area contributed by atoms with Crippen LogP contribution >= 0.6 is 0 Å². The largest absolute Gasteiger partial charge is 0.548 e. The van der Waals surface area contributed by atoms with Crippen molar-refractivity contribution < 1.29 is 19.1 Å². The zero-order chi connectivity index (χ0) is 12.3. The van der Waals surface area contributed by atoms with Gasteiger partial charge in [0.1, 0.15) is 5.76 Å². The Kier molecular flexibility index (Phi) is 3.27. The lowest BCUT2D eigenvalue weighted by Crippen LogP contribution is -2.46. The SMILES string of the molecule is O=C([O-])[C@H]1CCCN1C(=O)/C=C/c1ccco1. The number of hydrogen-bond donors (Lipinski definition) is 0. The molecule has 0 radical (unpaired) electrons.